The Morgan fingerprint density at radius 2 is 2.28 bits per heavy atom. The second-order valence-corrected chi connectivity index (χ2v) is 3.66. The molecule has 0 fully saturated rings. The number of hydrogen-bond donors (Lipinski definition) is 1. The topological polar surface area (TPSA) is 91.8 Å². The van der Waals surface area contributed by atoms with Gasteiger partial charge in [-0.3, -0.25) is 10.1 Å². The molecule has 0 unspecified atom stereocenters. The van der Waals surface area contributed by atoms with E-state index in [0.717, 1.165) is 0 Å². The first-order valence-corrected chi connectivity index (χ1v) is 5.39. The number of pyridine rings is 1. The molecule has 0 aliphatic rings. The summed E-state index contributed by atoms with van der Waals surface area (Å²) in [6.45, 7) is 2.62. The number of aromatic nitrogens is 1. The predicted octanol–water partition coefficient (Wildman–Crippen LogP) is 2.45. The maximum atomic E-state index is 10.7. The number of nitro groups is 1. The minimum absolute atomic E-state index is 0.0444. The third-order valence-corrected chi connectivity index (χ3v) is 2.48. The Kier molecular flexibility index (Phi) is 3.06. The third kappa shape index (κ3) is 2.06. The number of nitriles is 1. The summed E-state index contributed by atoms with van der Waals surface area (Å²) in [6.07, 6.45) is 0. The lowest BCUT2D eigenvalue weighted by Gasteiger charge is -2.05. The van der Waals surface area contributed by atoms with Gasteiger partial charge in [-0.1, -0.05) is 0 Å². The van der Waals surface area contributed by atoms with Crippen molar-refractivity contribution in [2.45, 2.75) is 6.92 Å². The molecule has 0 saturated heterocycles. The van der Waals surface area contributed by atoms with Crippen LogP contribution in [0.15, 0.2) is 24.3 Å². The smallest absolute Gasteiger partial charge is 0.270 e. The molecular formula is C12H10N4O2. The van der Waals surface area contributed by atoms with E-state index in [2.05, 4.69) is 10.3 Å². The summed E-state index contributed by atoms with van der Waals surface area (Å²) in [5, 5.41) is 23.3. The maximum absolute atomic E-state index is 10.7. The van der Waals surface area contributed by atoms with Gasteiger partial charge in [0.05, 0.1) is 22.1 Å². The first kappa shape index (κ1) is 11.8. The second kappa shape index (κ2) is 4.67. The lowest BCUT2D eigenvalue weighted by molar-refractivity contribution is -0.384. The number of fused-ring (bicyclic) bond motifs is 1. The lowest BCUT2D eigenvalue weighted by Crippen LogP contribution is -2.00. The summed E-state index contributed by atoms with van der Waals surface area (Å²) < 4.78 is 0. The summed E-state index contributed by atoms with van der Waals surface area (Å²) in [7, 11) is 0. The fraction of sp³-hybridized carbons (Fsp3) is 0.167. The minimum atomic E-state index is -0.487. The van der Waals surface area contributed by atoms with Gasteiger partial charge in [-0.15, -0.1) is 0 Å². The highest BCUT2D eigenvalue weighted by Crippen LogP contribution is 2.24. The molecule has 1 aromatic carbocycles. The van der Waals surface area contributed by atoms with Gasteiger partial charge >= 0.3 is 0 Å². The van der Waals surface area contributed by atoms with Crippen LogP contribution in [0.5, 0.6) is 0 Å². The highest BCUT2D eigenvalue weighted by molar-refractivity contribution is 5.88. The van der Waals surface area contributed by atoms with Crippen LogP contribution in [0.3, 0.4) is 0 Å². The average molecular weight is 242 g/mol. The van der Waals surface area contributed by atoms with Crippen molar-refractivity contribution < 1.29 is 4.92 Å². The van der Waals surface area contributed by atoms with Crippen molar-refractivity contribution in [2.24, 2.45) is 0 Å². The van der Waals surface area contributed by atoms with Gasteiger partial charge in [0.2, 0.25) is 0 Å². The summed E-state index contributed by atoms with van der Waals surface area (Å²) in [6, 6.07) is 7.93. The van der Waals surface area contributed by atoms with Crippen LogP contribution in [0.25, 0.3) is 10.9 Å². The molecule has 18 heavy (non-hydrogen) atoms. The van der Waals surface area contributed by atoms with Crippen LogP contribution >= 0.6 is 0 Å². The quantitative estimate of drug-likeness (QED) is 0.659. The molecule has 0 aliphatic heterocycles. The molecule has 2 rings (SSSR count). The van der Waals surface area contributed by atoms with Crippen LogP contribution < -0.4 is 5.32 Å². The molecule has 0 amide bonds. The van der Waals surface area contributed by atoms with E-state index >= 15 is 0 Å². The molecule has 2 aromatic rings. The van der Waals surface area contributed by atoms with Crippen molar-refractivity contribution in [3.63, 3.8) is 0 Å². The second-order valence-electron chi connectivity index (χ2n) is 3.66. The van der Waals surface area contributed by atoms with E-state index in [0.29, 0.717) is 28.8 Å². The third-order valence-electron chi connectivity index (χ3n) is 2.48. The van der Waals surface area contributed by atoms with Crippen molar-refractivity contribution in [1.29, 1.82) is 5.26 Å². The van der Waals surface area contributed by atoms with Crippen molar-refractivity contribution in [2.75, 3.05) is 11.9 Å². The maximum Gasteiger partial charge on any atom is 0.270 e. The Labute approximate surface area is 103 Å². The summed E-state index contributed by atoms with van der Waals surface area (Å²) in [5.41, 5.74) is 0.896. The highest BCUT2D eigenvalue weighted by Gasteiger charge is 2.11. The zero-order valence-electron chi connectivity index (χ0n) is 9.67. The van der Waals surface area contributed by atoms with E-state index in [4.69, 9.17) is 5.26 Å². The first-order chi connectivity index (χ1) is 8.65. The van der Waals surface area contributed by atoms with Gasteiger partial charge in [0, 0.05) is 24.1 Å². The average Bonchev–Trinajstić information content (AvgIpc) is 2.37. The van der Waals surface area contributed by atoms with Gasteiger partial charge in [-0.25, -0.2) is 4.98 Å². The Hall–Kier alpha value is -2.68. The van der Waals surface area contributed by atoms with Crippen molar-refractivity contribution in [1.82, 2.24) is 4.98 Å². The largest absolute Gasteiger partial charge is 0.370 e. The highest BCUT2D eigenvalue weighted by atomic mass is 16.6. The molecule has 1 N–H and O–H groups in total. The van der Waals surface area contributed by atoms with Gasteiger partial charge in [-0.05, 0) is 19.1 Å². The van der Waals surface area contributed by atoms with Crippen molar-refractivity contribution >= 4 is 22.4 Å². The number of nitro benzene ring substituents is 1. The molecule has 0 aliphatic carbocycles. The van der Waals surface area contributed by atoms with E-state index in [-0.39, 0.29) is 5.69 Å². The molecule has 6 nitrogen and oxygen atoms in total. The number of nitrogens with zero attached hydrogens (tertiary/aromatic N) is 3. The van der Waals surface area contributed by atoms with Crippen molar-refractivity contribution in [3.8, 4) is 6.07 Å². The summed E-state index contributed by atoms with van der Waals surface area (Å²) in [5.74, 6) is 0.593. The summed E-state index contributed by atoms with van der Waals surface area (Å²) >= 11 is 0. The molecule has 1 aromatic heterocycles. The summed E-state index contributed by atoms with van der Waals surface area (Å²) in [4.78, 5) is 14.5. The van der Waals surface area contributed by atoms with Crippen LogP contribution in [0.4, 0.5) is 11.5 Å². The molecular weight excluding hydrogens is 232 g/mol. The fourth-order valence-electron chi connectivity index (χ4n) is 1.69. The molecule has 0 spiro atoms. The van der Waals surface area contributed by atoms with Gasteiger partial charge in [0.15, 0.2) is 0 Å². The SMILES string of the molecule is CCNc1cc(C#N)c2cc([N+](=O)[O-])ccc2n1. The van der Waals surface area contributed by atoms with E-state index in [1.54, 1.807) is 12.1 Å². The van der Waals surface area contributed by atoms with Gasteiger partial charge in [0.1, 0.15) is 5.82 Å². The van der Waals surface area contributed by atoms with Crippen molar-refractivity contribution in [3.05, 3.63) is 39.9 Å². The van der Waals surface area contributed by atoms with Crippen LogP contribution in [0.1, 0.15) is 12.5 Å². The van der Waals surface area contributed by atoms with E-state index < -0.39 is 4.92 Å². The number of rotatable bonds is 3. The number of nitrogens with one attached hydrogen (secondary N) is 1. The van der Waals surface area contributed by atoms with Gasteiger partial charge in [-0.2, -0.15) is 5.26 Å². The van der Waals surface area contributed by atoms with Crippen LogP contribution in [0, 0.1) is 21.4 Å². The Morgan fingerprint density at radius 3 is 2.89 bits per heavy atom. The van der Waals surface area contributed by atoms with Gasteiger partial charge in [0.25, 0.3) is 5.69 Å². The van der Waals surface area contributed by atoms with Gasteiger partial charge < -0.3 is 5.32 Å². The lowest BCUT2D eigenvalue weighted by atomic mass is 10.1. The normalized spacial score (nSPS) is 10.0. The zero-order valence-corrected chi connectivity index (χ0v) is 9.67. The molecule has 90 valence electrons. The van der Waals surface area contributed by atoms with Crippen LogP contribution in [-0.4, -0.2) is 16.5 Å². The number of hydrogen-bond acceptors (Lipinski definition) is 5. The predicted molar refractivity (Wildman–Crippen MR) is 67.3 cm³/mol. The van der Waals surface area contributed by atoms with E-state index in [1.807, 2.05) is 13.0 Å². The molecule has 0 radical (unpaired) electrons. The fourth-order valence-corrected chi connectivity index (χ4v) is 1.69. The van der Waals surface area contributed by atoms with E-state index in [9.17, 15) is 10.1 Å². The molecule has 0 atom stereocenters. The molecule has 6 heteroatoms. The Bertz CT molecular complexity index is 661. The monoisotopic (exact) mass is 242 g/mol. The Morgan fingerprint density at radius 1 is 1.50 bits per heavy atom. The molecule has 0 saturated carbocycles. The molecule has 0 bridgehead atoms. The number of benzene rings is 1. The van der Waals surface area contributed by atoms with E-state index in [1.165, 1.54) is 12.1 Å². The molecule has 1 heterocycles. The van der Waals surface area contributed by atoms with Crippen LogP contribution in [-0.2, 0) is 0 Å². The zero-order chi connectivity index (χ0) is 13.1. The first-order valence-electron chi connectivity index (χ1n) is 5.39. The standard InChI is InChI=1S/C12H10N4O2/c1-2-14-12-5-8(7-13)10-6-9(16(17)18)3-4-11(10)15-12/h3-6H,2H2,1H3,(H,14,15). The Balaban J connectivity index is 2.68. The number of non-ortho nitro benzene ring substituents is 1. The minimum Gasteiger partial charge on any atom is -0.370 e. The van der Waals surface area contributed by atoms with Crippen LogP contribution in [0.2, 0.25) is 0 Å². The number of anilines is 1.